The van der Waals surface area contributed by atoms with Crippen molar-refractivity contribution in [2.24, 2.45) is 5.92 Å². The van der Waals surface area contributed by atoms with Crippen molar-refractivity contribution in [3.8, 4) is 0 Å². The van der Waals surface area contributed by atoms with Gasteiger partial charge in [0.15, 0.2) is 0 Å². The normalized spacial score (nSPS) is 29.9. The van der Waals surface area contributed by atoms with Gasteiger partial charge in [-0.1, -0.05) is 6.42 Å². The molecule has 110 valence electrons. The Morgan fingerprint density at radius 3 is 2.58 bits per heavy atom. The molecule has 0 amide bonds. The number of hydrogen-bond donors (Lipinski definition) is 0. The molecular formula is C14H22F3NO. The molecule has 2 atom stereocenters. The van der Waals surface area contributed by atoms with Gasteiger partial charge in [-0.3, -0.25) is 9.69 Å². The van der Waals surface area contributed by atoms with Crippen LogP contribution in [0, 0.1) is 5.92 Å². The van der Waals surface area contributed by atoms with Crippen molar-refractivity contribution in [2.75, 3.05) is 13.1 Å². The number of nitrogens with zero attached hydrogens (tertiary/aromatic N) is 1. The van der Waals surface area contributed by atoms with Crippen LogP contribution in [-0.4, -0.2) is 36.0 Å². The maximum Gasteiger partial charge on any atom is 0.389 e. The fourth-order valence-corrected chi connectivity index (χ4v) is 3.48. The number of alkyl halides is 3. The number of rotatable bonds is 4. The molecule has 1 aliphatic heterocycles. The van der Waals surface area contributed by atoms with E-state index in [1.165, 1.54) is 0 Å². The predicted molar refractivity (Wildman–Crippen MR) is 66.8 cm³/mol. The Morgan fingerprint density at radius 2 is 1.95 bits per heavy atom. The van der Waals surface area contributed by atoms with Crippen molar-refractivity contribution < 1.29 is 18.0 Å². The largest absolute Gasteiger partial charge is 0.389 e. The zero-order chi connectivity index (χ0) is 13.9. The number of piperidine rings is 1. The van der Waals surface area contributed by atoms with E-state index in [2.05, 4.69) is 4.90 Å². The van der Waals surface area contributed by atoms with Gasteiger partial charge in [0.05, 0.1) is 0 Å². The number of carbonyl (C=O) groups is 1. The van der Waals surface area contributed by atoms with Crippen LogP contribution in [0.3, 0.4) is 0 Å². The first-order chi connectivity index (χ1) is 8.97. The van der Waals surface area contributed by atoms with Gasteiger partial charge in [-0.25, -0.2) is 0 Å². The van der Waals surface area contributed by atoms with E-state index in [-0.39, 0.29) is 18.4 Å². The lowest BCUT2D eigenvalue weighted by Gasteiger charge is -2.38. The predicted octanol–water partition coefficient (Wildman–Crippen LogP) is 3.55. The second kappa shape index (κ2) is 6.25. The summed E-state index contributed by atoms with van der Waals surface area (Å²) in [4.78, 5) is 14.0. The van der Waals surface area contributed by atoms with Gasteiger partial charge < -0.3 is 0 Å². The number of likely N-dealkylation sites (tertiary alicyclic amines) is 1. The molecule has 2 aliphatic rings. The molecule has 0 N–H and O–H groups in total. The molecule has 2 fully saturated rings. The number of carbonyl (C=O) groups excluding carboxylic acids is 1. The molecule has 0 spiro atoms. The van der Waals surface area contributed by atoms with Gasteiger partial charge in [0.2, 0.25) is 0 Å². The number of ketones is 1. The highest BCUT2D eigenvalue weighted by Crippen LogP contribution is 2.33. The third-order valence-corrected chi connectivity index (χ3v) is 4.39. The molecule has 5 heteroatoms. The minimum Gasteiger partial charge on any atom is -0.300 e. The molecule has 2 unspecified atom stereocenters. The second-order valence-electron chi connectivity index (χ2n) is 5.78. The van der Waals surface area contributed by atoms with Gasteiger partial charge in [-0.2, -0.15) is 13.2 Å². The maximum atomic E-state index is 12.2. The van der Waals surface area contributed by atoms with E-state index in [0.29, 0.717) is 18.7 Å². The summed E-state index contributed by atoms with van der Waals surface area (Å²) in [6.07, 6.45) is 1.05. The number of hydrogen-bond acceptors (Lipinski definition) is 2. The van der Waals surface area contributed by atoms with Crippen molar-refractivity contribution in [3.05, 3.63) is 0 Å². The fraction of sp³-hybridized carbons (Fsp3) is 0.929. The van der Waals surface area contributed by atoms with Crippen LogP contribution in [0.1, 0.15) is 51.4 Å². The monoisotopic (exact) mass is 277 g/mol. The van der Waals surface area contributed by atoms with E-state index in [1.54, 1.807) is 0 Å². The summed E-state index contributed by atoms with van der Waals surface area (Å²) in [6, 6.07) is 0.206. The summed E-state index contributed by atoms with van der Waals surface area (Å²) in [6.45, 7) is 1.33. The van der Waals surface area contributed by atoms with Crippen LogP contribution in [0.15, 0.2) is 0 Å². The van der Waals surface area contributed by atoms with E-state index in [4.69, 9.17) is 0 Å². The molecular weight excluding hydrogens is 255 g/mol. The summed E-state index contributed by atoms with van der Waals surface area (Å²) in [7, 11) is 0. The second-order valence-corrected chi connectivity index (χ2v) is 5.78. The summed E-state index contributed by atoms with van der Waals surface area (Å²) >= 11 is 0. The average Bonchev–Trinajstić information content (AvgIpc) is 2.74. The lowest BCUT2D eigenvalue weighted by molar-refractivity contribution is -0.137. The van der Waals surface area contributed by atoms with Crippen LogP contribution >= 0.6 is 0 Å². The molecule has 0 bridgehead atoms. The van der Waals surface area contributed by atoms with Crippen molar-refractivity contribution >= 4 is 5.78 Å². The molecule has 2 nitrogen and oxygen atoms in total. The van der Waals surface area contributed by atoms with Crippen LogP contribution in [0.4, 0.5) is 13.2 Å². The highest BCUT2D eigenvalue weighted by atomic mass is 19.4. The SMILES string of the molecule is O=C1CCCC1C1CCCCN1CCCC(F)(F)F. The Labute approximate surface area is 112 Å². The molecule has 0 aromatic carbocycles. The highest BCUT2D eigenvalue weighted by Gasteiger charge is 2.37. The molecule has 19 heavy (non-hydrogen) atoms. The first kappa shape index (κ1) is 14.8. The lowest BCUT2D eigenvalue weighted by atomic mass is 9.88. The summed E-state index contributed by atoms with van der Waals surface area (Å²) in [5, 5.41) is 0. The van der Waals surface area contributed by atoms with Crippen LogP contribution < -0.4 is 0 Å². The Kier molecular flexibility index (Phi) is 4.87. The van der Waals surface area contributed by atoms with Crippen LogP contribution in [0.2, 0.25) is 0 Å². The number of halogens is 3. The summed E-state index contributed by atoms with van der Waals surface area (Å²) < 4.78 is 36.6. The highest BCUT2D eigenvalue weighted by molar-refractivity contribution is 5.83. The molecule has 2 rings (SSSR count). The minimum atomic E-state index is -4.06. The molecule has 1 heterocycles. The van der Waals surface area contributed by atoms with Crippen molar-refractivity contribution in [2.45, 2.75) is 63.6 Å². The standard InChI is InChI=1S/C14H22F3NO/c15-14(16,17)8-4-10-18-9-2-1-6-12(18)11-5-3-7-13(11)19/h11-12H,1-10H2. The van der Waals surface area contributed by atoms with Crippen LogP contribution in [0.25, 0.3) is 0 Å². The minimum absolute atomic E-state index is 0.0891. The third-order valence-electron chi connectivity index (χ3n) is 4.39. The fourth-order valence-electron chi connectivity index (χ4n) is 3.48. The van der Waals surface area contributed by atoms with Crippen LogP contribution in [0.5, 0.6) is 0 Å². The van der Waals surface area contributed by atoms with E-state index in [1.807, 2.05) is 0 Å². The van der Waals surface area contributed by atoms with Gasteiger partial charge in [0, 0.05) is 24.8 Å². The number of Topliss-reactive ketones (excluding diaryl/α,β-unsaturated/α-hetero) is 1. The topological polar surface area (TPSA) is 20.3 Å². The first-order valence-electron chi connectivity index (χ1n) is 7.31. The summed E-state index contributed by atoms with van der Waals surface area (Å²) in [5.41, 5.74) is 0. The van der Waals surface area contributed by atoms with Crippen molar-refractivity contribution in [3.63, 3.8) is 0 Å². The molecule has 1 saturated carbocycles. The van der Waals surface area contributed by atoms with E-state index in [0.717, 1.165) is 38.6 Å². The van der Waals surface area contributed by atoms with Gasteiger partial charge >= 0.3 is 6.18 Å². The molecule has 0 aromatic rings. The van der Waals surface area contributed by atoms with Gasteiger partial charge in [-0.15, -0.1) is 0 Å². The summed E-state index contributed by atoms with van der Waals surface area (Å²) in [5.74, 6) is 0.416. The molecule has 1 aliphatic carbocycles. The van der Waals surface area contributed by atoms with Gasteiger partial charge in [0.1, 0.15) is 5.78 Å². The van der Waals surface area contributed by atoms with E-state index >= 15 is 0 Å². The zero-order valence-corrected chi connectivity index (χ0v) is 11.2. The van der Waals surface area contributed by atoms with Gasteiger partial charge in [-0.05, 0) is 45.2 Å². The lowest BCUT2D eigenvalue weighted by Crippen LogP contribution is -2.45. The van der Waals surface area contributed by atoms with E-state index in [9.17, 15) is 18.0 Å². The Morgan fingerprint density at radius 1 is 1.16 bits per heavy atom. The smallest absolute Gasteiger partial charge is 0.300 e. The molecule has 0 radical (unpaired) electrons. The third kappa shape index (κ3) is 4.20. The van der Waals surface area contributed by atoms with E-state index < -0.39 is 12.6 Å². The van der Waals surface area contributed by atoms with Crippen molar-refractivity contribution in [1.82, 2.24) is 4.90 Å². The van der Waals surface area contributed by atoms with Gasteiger partial charge in [0.25, 0.3) is 0 Å². The maximum absolute atomic E-state index is 12.2. The average molecular weight is 277 g/mol. The van der Waals surface area contributed by atoms with Crippen LogP contribution in [-0.2, 0) is 4.79 Å². The zero-order valence-electron chi connectivity index (χ0n) is 11.2. The first-order valence-corrected chi connectivity index (χ1v) is 7.31. The quantitative estimate of drug-likeness (QED) is 0.783. The van der Waals surface area contributed by atoms with Crippen molar-refractivity contribution in [1.29, 1.82) is 0 Å². The Balaban J connectivity index is 1.87. The Hall–Kier alpha value is -0.580. The molecule has 0 aromatic heterocycles. The Bertz CT molecular complexity index is 316. The molecule has 1 saturated heterocycles.